The molecule has 1 aromatic carbocycles. The highest BCUT2D eigenvalue weighted by atomic mass is 35.5. The van der Waals surface area contributed by atoms with Crippen molar-refractivity contribution in [2.75, 3.05) is 5.73 Å². The highest BCUT2D eigenvalue weighted by Crippen LogP contribution is 2.13. The van der Waals surface area contributed by atoms with Crippen LogP contribution in [0.3, 0.4) is 0 Å². The molecule has 1 rings (SSSR count). The van der Waals surface area contributed by atoms with Crippen molar-refractivity contribution in [2.24, 2.45) is 5.25 Å². The van der Waals surface area contributed by atoms with Gasteiger partial charge in [-0.15, -0.1) is 0 Å². The lowest BCUT2D eigenvalue weighted by molar-refractivity contribution is -0.384. The number of nitrogens with zero attached hydrogens (tertiary/aromatic N) is 1. The number of nitro benzene ring substituents is 1. The van der Waals surface area contributed by atoms with Crippen molar-refractivity contribution in [1.82, 2.24) is 0 Å². The van der Waals surface area contributed by atoms with Crippen LogP contribution < -0.4 is 11.0 Å². The first kappa shape index (κ1) is 10.7. The molecule has 12 heavy (non-hydrogen) atoms. The molecule has 0 atom stereocenters. The molecule has 5 nitrogen and oxygen atoms in total. The second-order valence-corrected chi connectivity index (χ2v) is 1.85. The van der Waals surface area contributed by atoms with Crippen molar-refractivity contribution < 1.29 is 4.92 Å². The van der Waals surface area contributed by atoms with Gasteiger partial charge in [-0.25, -0.2) is 5.25 Å². The van der Waals surface area contributed by atoms with Gasteiger partial charge in [-0.1, -0.05) is 6.07 Å². The van der Waals surface area contributed by atoms with Gasteiger partial charge in [0.05, 0.1) is 4.92 Å². The van der Waals surface area contributed by atoms with E-state index in [9.17, 15) is 10.1 Å². The zero-order valence-corrected chi connectivity index (χ0v) is 6.86. The fraction of sp³-hybridized carbons (Fsp3) is 0. The van der Waals surface area contributed by atoms with E-state index in [0.717, 1.165) is 0 Å². The van der Waals surface area contributed by atoms with Crippen LogP contribution in [0.1, 0.15) is 0 Å². The average molecular weight is 190 g/mol. The van der Waals surface area contributed by atoms with Crippen molar-refractivity contribution in [3.05, 3.63) is 34.4 Å². The SMILES string of the molecule is NCl.Nc1cccc([N+](=O)[O-])c1. The van der Waals surface area contributed by atoms with E-state index in [4.69, 9.17) is 5.73 Å². The largest absolute Gasteiger partial charge is 0.399 e. The van der Waals surface area contributed by atoms with Crippen LogP contribution in [0.5, 0.6) is 0 Å². The van der Waals surface area contributed by atoms with Crippen LogP contribution in [0.4, 0.5) is 11.4 Å². The molecule has 0 bridgehead atoms. The molecule has 0 amide bonds. The van der Waals surface area contributed by atoms with Gasteiger partial charge in [0.1, 0.15) is 0 Å². The Bertz CT molecular complexity index is 267. The lowest BCUT2D eigenvalue weighted by atomic mass is 10.3. The normalized spacial score (nSPS) is 8.17. The zero-order chi connectivity index (χ0) is 9.56. The number of nitro groups is 1. The number of benzene rings is 1. The summed E-state index contributed by atoms with van der Waals surface area (Å²) in [6.45, 7) is 0. The summed E-state index contributed by atoms with van der Waals surface area (Å²) in [4.78, 5) is 9.63. The van der Waals surface area contributed by atoms with Crippen LogP contribution in [0.25, 0.3) is 0 Å². The maximum absolute atomic E-state index is 10.1. The molecule has 0 aromatic heterocycles. The Morgan fingerprint density at radius 3 is 2.33 bits per heavy atom. The quantitative estimate of drug-likeness (QED) is 0.301. The van der Waals surface area contributed by atoms with Gasteiger partial charge >= 0.3 is 0 Å². The minimum absolute atomic E-state index is 0.0278. The molecular weight excluding hydrogens is 182 g/mol. The van der Waals surface area contributed by atoms with Crippen LogP contribution in [-0.2, 0) is 0 Å². The summed E-state index contributed by atoms with van der Waals surface area (Å²) < 4.78 is 0. The molecule has 0 aliphatic rings. The maximum Gasteiger partial charge on any atom is 0.271 e. The summed E-state index contributed by atoms with van der Waals surface area (Å²) in [5.41, 5.74) is 5.73. The molecule has 0 saturated carbocycles. The molecule has 66 valence electrons. The Hall–Kier alpha value is -1.33. The van der Waals surface area contributed by atoms with E-state index in [1.807, 2.05) is 0 Å². The standard InChI is InChI=1S/C6H6N2O2.ClH2N/c7-5-2-1-3-6(4-5)8(9)10;1-2/h1-4H,7H2;2H2. The smallest absolute Gasteiger partial charge is 0.271 e. The predicted molar refractivity (Wildman–Crippen MR) is 47.5 cm³/mol. The number of non-ortho nitro benzene ring substituents is 1. The van der Waals surface area contributed by atoms with Crippen LogP contribution in [0.2, 0.25) is 0 Å². The summed E-state index contributed by atoms with van der Waals surface area (Å²) in [6.07, 6.45) is 0. The van der Waals surface area contributed by atoms with Crippen molar-refractivity contribution in [3.8, 4) is 0 Å². The first-order valence-corrected chi connectivity index (χ1v) is 3.35. The van der Waals surface area contributed by atoms with E-state index in [0.29, 0.717) is 5.69 Å². The Morgan fingerprint density at radius 2 is 2.00 bits per heavy atom. The molecule has 0 heterocycles. The number of nitrogens with two attached hydrogens (primary N) is 2. The fourth-order valence-electron chi connectivity index (χ4n) is 0.638. The first-order chi connectivity index (χ1) is 5.70. The minimum Gasteiger partial charge on any atom is -0.399 e. The van der Waals surface area contributed by atoms with E-state index in [1.165, 1.54) is 12.1 Å². The molecule has 0 spiro atoms. The highest BCUT2D eigenvalue weighted by molar-refractivity contribution is 6.11. The molecule has 0 radical (unpaired) electrons. The van der Waals surface area contributed by atoms with E-state index in [-0.39, 0.29) is 5.69 Å². The van der Waals surface area contributed by atoms with Crippen molar-refractivity contribution in [1.29, 1.82) is 0 Å². The van der Waals surface area contributed by atoms with E-state index in [1.54, 1.807) is 12.1 Å². The molecular formula is C6H8ClN3O2. The number of hydrogen-bond donors (Lipinski definition) is 2. The Labute approximate surface area is 74.2 Å². The van der Waals surface area contributed by atoms with E-state index >= 15 is 0 Å². The second-order valence-electron chi connectivity index (χ2n) is 1.85. The zero-order valence-electron chi connectivity index (χ0n) is 6.11. The van der Waals surface area contributed by atoms with Gasteiger partial charge in [0.25, 0.3) is 5.69 Å². The molecule has 4 N–H and O–H groups in total. The number of rotatable bonds is 1. The van der Waals surface area contributed by atoms with Gasteiger partial charge in [0, 0.05) is 17.8 Å². The lowest BCUT2D eigenvalue weighted by Gasteiger charge is -1.90. The van der Waals surface area contributed by atoms with Crippen LogP contribution in [0, 0.1) is 10.1 Å². The molecule has 0 fully saturated rings. The van der Waals surface area contributed by atoms with E-state index < -0.39 is 4.92 Å². The maximum atomic E-state index is 10.1. The molecule has 0 unspecified atom stereocenters. The highest BCUT2D eigenvalue weighted by Gasteiger charge is 2.02. The van der Waals surface area contributed by atoms with Crippen molar-refractivity contribution in [2.45, 2.75) is 0 Å². The average Bonchev–Trinajstić information content (AvgIpc) is 2.08. The summed E-state index contributed by atoms with van der Waals surface area (Å²) in [6, 6.07) is 5.87. The van der Waals surface area contributed by atoms with Gasteiger partial charge in [0.15, 0.2) is 0 Å². The van der Waals surface area contributed by atoms with Gasteiger partial charge < -0.3 is 5.73 Å². The topological polar surface area (TPSA) is 95.2 Å². The molecule has 0 saturated heterocycles. The summed E-state index contributed by atoms with van der Waals surface area (Å²) in [7, 11) is 0. The number of halogens is 1. The fourth-order valence-corrected chi connectivity index (χ4v) is 0.638. The third-order valence-electron chi connectivity index (χ3n) is 1.08. The Balaban J connectivity index is 0.000000561. The van der Waals surface area contributed by atoms with Crippen LogP contribution in [0.15, 0.2) is 24.3 Å². The monoisotopic (exact) mass is 189 g/mol. The van der Waals surface area contributed by atoms with E-state index in [2.05, 4.69) is 17.0 Å². The second kappa shape index (κ2) is 5.34. The van der Waals surface area contributed by atoms with Gasteiger partial charge in [-0.05, 0) is 17.8 Å². The third-order valence-corrected chi connectivity index (χ3v) is 1.08. The van der Waals surface area contributed by atoms with Crippen molar-refractivity contribution in [3.63, 3.8) is 0 Å². The first-order valence-electron chi connectivity index (χ1n) is 2.92. The van der Waals surface area contributed by atoms with Crippen LogP contribution in [-0.4, -0.2) is 4.92 Å². The van der Waals surface area contributed by atoms with Gasteiger partial charge in [-0.2, -0.15) is 0 Å². The number of anilines is 1. The van der Waals surface area contributed by atoms with Crippen molar-refractivity contribution >= 4 is 23.2 Å². The molecule has 0 aliphatic carbocycles. The lowest BCUT2D eigenvalue weighted by Crippen LogP contribution is -1.89. The predicted octanol–water partition coefficient (Wildman–Crippen LogP) is 1.28. The Morgan fingerprint density at radius 1 is 1.42 bits per heavy atom. The third kappa shape index (κ3) is 3.18. The Kier molecular flexibility index (Phi) is 4.75. The number of hydrogen-bond acceptors (Lipinski definition) is 4. The summed E-state index contributed by atoms with van der Waals surface area (Å²) >= 11 is 4.14. The van der Waals surface area contributed by atoms with Gasteiger partial charge in [-0.3, -0.25) is 10.1 Å². The number of nitrogen functional groups attached to an aromatic ring is 1. The summed E-state index contributed by atoms with van der Waals surface area (Å²) in [5, 5.41) is 14.1. The van der Waals surface area contributed by atoms with Gasteiger partial charge in [0.2, 0.25) is 0 Å². The van der Waals surface area contributed by atoms with Crippen LogP contribution >= 0.6 is 11.8 Å². The minimum atomic E-state index is -0.476. The molecule has 0 aliphatic heterocycles. The molecule has 6 heteroatoms. The molecule has 1 aromatic rings. The summed E-state index contributed by atoms with van der Waals surface area (Å²) in [5.74, 6) is 0.